The summed E-state index contributed by atoms with van der Waals surface area (Å²) in [6.07, 6.45) is 3.96. The van der Waals surface area contributed by atoms with Gasteiger partial charge in [0.05, 0.1) is 11.4 Å². The Kier molecular flexibility index (Phi) is 6.54. The molecule has 0 radical (unpaired) electrons. The van der Waals surface area contributed by atoms with E-state index in [1.165, 1.54) is 17.7 Å². The number of anilines is 1. The van der Waals surface area contributed by atoms with Gasteiger partial charge < -0.3 is 10.6 Å². The minimum atomic E-state index is -0.236. The van der Waals surface area contributed by atoms with Gasteiger partial charge in [0.2, 0.25) is 0 Å². The van der Waals surface area contributed by atoms with Crippen molar-refractivity contribution in [3.8, 4) is 5.69 Å². The molecule has 1 aromatic carbocycles. The molecule has 0 aliphatic rings. The molecular formula is C21H26FN5. The first-order chi connectivity index (χ1) is 13.1. The van der Waals surface area contributed by atoms with E-state index in [2.05, 4.69) is 27.6 Å². The molecule has 2 aromatic heterocycles. The van der Waals surface area contributed by atoms with E-state index in [0.717, 1.165) is 55.4 Å². The average Bonchev–Trinajstić information content (AvgIpc) is 2.96. The molecular weight excluding hydrogens is 341 g/mol. The molecule has 142 valence electrons. The van der Waals surface area contributed by atoms with Crippen LogP contribution in [-0.4, -0.2) is 27.9 Å². The van der Waals surface area contributed by atoms with E-state index in [0.29, 0.717) is 0 Å². The number of benzene rings is 1. The van der Waals surface area contributed by atoms with Gasteiger partial charge in [0.25, 0.3) is 0 Å². The Morgan fingerprint density at radius 2 is 1.78 bits per heavy atom. The summed E-state index contributed by atoms with van der Waals surface area (Å²) in [5, 5.41) is 11.4. The molecule has 5 nitrogen and oxygen atoms in total. The second kappa shape index (κ2) is 9.28. The van der Waals surface area contributed by atoms with Gasteiger partial charge in [0.1, 0.15) is 11.6 Å². The summed E-state index contributed by atoms with van der Waals surface area (Å²) < 4.78 is 15.0. The highest BCUT2D eigenvalue weighted by molar-refractivity contribution is 5.37. The van der Waals surface area contributed by atoms with Crippen molar-refractivity contribution in [1.82, 2.24) is 20.1 Å². The van der Waals surface area contributed by atoms with E-state index in [1.807, 2.05) is 29.8 Å². The maximum absolute atomic E-state index is 13.1. The lowest BCUT2D eigenvalue weighted by molar-refractivity contribution is 0.626. The van der Waals surface area contributed by atoms with Crippen molar-refractivity contribution in [2.75, 3.05) is 18.4 Å². The molecule has 0 aliphatic carbocycles. The number of aryl methyl sites for hydroxylation is 1. The van der Waals surface area contributed by atoms with Gasteiger partial charge in [-0.25, -0.2) is 14.1 Å². The fourth-order valence-electron chi connectivity index (χ4n) is 3.04. The largest absolute Gasteiger partial charge is 0.370 e. The van der Waals surface area contributed by atoms with Crippen LogP contribution in [0.1, 0.15) is 29.8 Å². The SMILES string of the molecule is Cc1nn(-c2ccc(F)cc2)c(C)c1CNCCCCNc1ccccn1. The molecule has 0 bridgehead atoms. The zero-order chi connectivity index (χ0) is 19.1. The van der Waals surface area contributed by atoms with Crippen molar-refractivity contribution < 1.29 is 4.39 Å². The van der Waals surface area contributed by atoms with Gasteiger partial charge in [-0.1, -0.05) is 6.07 Å². The lowest BCUT2D eigenvalue weighted by Crippen LogP contribution is -2.17. The average molecular weight is 367 g/mol. The molecule has 0 saturated heterocycles. The zero-order valence-corrected chi connectivity index (χ0v) is 15.9. The smallest absolute Gasteiger partial charge is 0.125 e. The number of nitrogens with zero attached hydrogens (tertiary/aromatic N) is 3. The summed E-state index contributed by atoms with van der Waals surface area (Å²) in [7, 11) is 0. The number of halogens is 1. The van der Waals surface area contributed by atoms with Gasteiger partial charge in [0, 0.05) is 30.5 Å². The van der Waals surface area contributed by atoms with Crippen molar-refractivity contribution in [3.63, 3.8) is 0 Å². The number of nitrogens with one attached hydrogen (secondary N) is 2. The highest BCUT2D eigenvalue weighted by Gasteiger charge is 2.12. The quantitative estimate of drug-likeness (QED) is 0.561. The van der Waals surface area contributed by atoms with Crippen molar-refractivity contribution in [1.29, 1.82) is 0 Å². The van der Waals surface area contributed by atoms with Crippen LogP contribution >= 0.6 is 0 Å². The second-order valence-electron chi connectivity index (χ2n) is 6.56. The van der Waals surface area contributed by atoms with Crippen LogP contribution in [0.15, 0.2) is 48.7 Å². The first-order valence-electron chi connectivity index (χ1n) is 9.32. The molecule has 6 heteroatoms. The fourth-order valence-corrected chi connectivity index (χ4v) is 3.04. The molecule has 0 spiro atoms. The highest BCUT2D eigenvalue weighted by Crippen LogP contribution is 2.18. The maximum atomic E-state index is 13.1. The number of aromatic nitrogens is 3. The minimum Gasteiger partial charge on any atom is -0.370 e. The molecule has 0 amide bonds. The number of unbranched alkanes of at least 4 members (excludes halogenated alkanes) is 1. The van der Waals surface area contributed by atoms with Crippen LogP contribution in [-0.2, 0) is 6.54 Å². The topological polar surface area (TPSA) is 54.8 Å². The molecule has 3 aromatic rings. The Hall–Kier alpha value is -2.73. The van der Waals surface area contributed by atoms with Gasteiger partial charge in [-0.15, -0.1) is 0 Å². The maximum Gasteiger partial charge on any atom is 0.125 e. The Morgan fingerprint density at radius 1 is 1.00 bits per heavy atom. The lowest BCUT2D eigenvalue weighted by Gasteiger charge is -2.08. The van der Waals surface area contributed by atoms with Crippen LogP contribution in [0.5, 0.6) is 0 Å². The fraction of sp³-hybridized carbons (Fsp3) is 0.333. The second-order valence-corrected chi connectivity index (χ2v) is 6.56. The summed E-state index contributed by atoms with van der Waals surface area (Å²) >= 11 is 0. The Labute approximate surface area is 159 Å². The Bertz CT molecular complexity index is 843. The van der Waals surface area contributed by atoms with E-state index in [1.54, 1.807) is 18.3 Å². The Morgan fingerprint density at radius 3 is 2.52 bits per heavy atom. The summed E-state index contributed by atoms with van der Waals surface area (Å²) in [5.74, 6) is 0.685. The first kappa shape index (κ1) is 19.0. The Balaban J connectivity index is 1.44. The minimum absolute atomic E-state index is 0.236. The van der Waals surface area contributed by atoms with Gasteiger partial charge in [-0.2, -0.15) is 5.10 Å². The third-order valence-corrected chi connectivity index (χ3v) is 4.57. The third kappa shape index (κ3) is 5.14. The standard InChI is InChI=1S/C21H26FN5/c1-16-20(17(2)27(26-16)19-10-8-18(22)9-11-19)15-23-12-5-6-14-25-21-7-3-4-13-24-21/h3-4,7-11,13,23H,5-6,12,14-15H2,1-2H3,(H,24,25). The van der Waals surface area contributed by atoms with Crippen LogP contribution in [0.2, 0.25) is 0 Å². The number of rotatable bonds is 9. The molecule has 27 heavy (non-hydrogen) atoms. The predicted octanol–water partition coefficient (Wildman–Crippen LogP) is 4.01. The van der Waals surface area contributed by atoms with Crippen LogP contribution in [0.4, 0.5) is 10.2 Å². The van der Waals surface area contributed by atoms with E-state index >= 15 is 0 Å². The van der Waals surface area contributed by atoms with E-state index < -0.39 is 0 Å². The van der Waals surface area contributed by atoms with Gasteiger partial charge in [0.15, 0.2) is 0 Å². The van der Waals surface area contributed by atoms with Crippen LogP contribution in [0, 0.1) is 19.7 Å². The van der Waals surface area contributed by atoms with E-state index in [9.17, 15) is 4.39 Å². The van der Waals surface area contributed by atoms with Gasteiger partial charge in [-0.05, 0) is 69.6 Å². The van der Waals surface area contributed by atoms with Crippen molar-refractivity contribution in [2.45, 2.75) is 33.2 Å². The molecule has 3 rings (SSSR count). The number of hydrogen-bond donors (Lipinski definition) is 2. The number of pyridine rings is 1. The molecule has 0 atom stereocenters. The zero-order valence-electron chi connectivity index (χ0n) is 15.9. The predicted molar refractivity (Wildman–Crippen MR) is 107 cm³/mol. The van der Waals surface area contributed by atoms with Crippen molar-refractivity contribution in [3.05, 3.63) is 71.4 Å². The first-order valence-corrected chi connectivity index (χ1v) is 9.32. The van der Waals surface area contributed by atoms with Gasteiger partial charge >= 0.3 is 0 Å². The lowest BCUT2D eigenvalue weighted by atomic mass is 10.2. The monoisotopic (exact) mass is 367 g/mol. The van der Waals surface area contributed by atoms with E-state index in [4.69, 9.17) is 0 Å². The normalized spacial score (nSPS) is 10.9. The molecule has 0 aliphatic heterocycles. The van der Waals surface area contributed by atoms with Gasteiger partial charge in [-0.3, -0.25) is 0 Å². The van der Waals surface area contributed by atoms with Crippen LogP contribution < -0.4 is 10.6 Å². The summed E-state index contributed by atoms with van der Waals surface area (Å²) in [6, 6.07) is 12.3. The summed E-state index contributed by atoms with van der Waals surface area (Å²) in [5.41, 5.74) is 4.17. The van der Waals surface area contributed by atoms with Crippen molar-refractivity contribution in [2.24, 2.45) is 0 Å². The third-order valence-electron chi connectivity index (χ3n) is 4.57. The van der Waals surface area contributed by atoms with Crippen LogP contribution in [0.3, 0.4) is 0 Å². The van der Waals surface area contributed by atoms with E-state index in [-0.39, 0.29) is 5.82 Å². The molecule has 2 N–H and O–H groups in total. The van der Waals surface area contributed by atoms with Crippen molar-refractivity contribution >= 4 is 5.82 Å². The molecule has 2 heterocycles. The molecule has 0 fully saturated rings. The number of hydrogen-bond acceptors (Lipinski definition) is 4. The summed E-state index contributed by atoms with van der Waals surface area (Å²) in [6.45, 7) is 6.72. The summed E-state index contributed by atoms with van der Waals surface area (Å²) in [4.78, 5) is 4.25. The highest BCUT2D eigenvalue weighted by atomic mass is 19.1. The molecule has 0 unspecified atom stereocenters. The van der Waals surface area contributed by atoms with Crippen LogP contribution in [0.25, 0.3) is 5.69 Å². The molecule has 0 saturated carbocycles.